The zero-order valence-corrected chi connectivity index (χ0v) is 8.65. The average molecular weight is 206 g/mol. The molecule has 0 aromatic rings. The standard InChI is InChI=1S/C8H19BO5/c1-2-3-4-12-5-6-13-7-8-14-9(10)11/h10-11H,2-8H2,1H3. The van der Waals surface area contributed by atoms with Crippen molar-refractivity contribution in [3.05, 3.63) is 0 Å². The minimum absolute atomic E-state index is 0.173. The molecule has 0 bridgehead atoms. The summed E-state index contributed by atoms with van der Waals surface area (Å²) in [5, 5.41) is 16.6. The van der Waals surface area contributed by atoms with Crippen molar-refractivity contribution in [2.75, 3.05) is 33.0 Å². The van der Waals surface area contributed by atoms with Crippen LogP contribution < -0.4 is 0 Å². The van der Waals surface area contributed by atoms with Gasteiger partial charge in [-0.3, -0.25) is 0 Å². The molecular weight excluding hydrogens is 187 g/mol. The summed E-state index contributed by atoms with van der Waals surface area (Å²) in [6, 6.07) is 0. The Labute approximate surface area is 85.2 Å². The number of hydrogen-bond donors (Lipinski definition) is 2. The summed E-state index contributed by atoms with van der Waals surface area (Å²) in [5.41, 5.74) is 0. The second kappa shape index (κ2) is 10.9. The minimum Gasteiger partial charge on any atom is -0.402 e. The van der Waals surface area contributed by atoms with Gasteiger partial charge in [-0.1, -0.05) is 13.3 Å². The van der Waals surface area contributed by atoms with Crippen molar-refractivity contribution in [3.63, 3.8) is 0 Å². The van der Waals surface area contributed by atoms with Crippen molar-refractivity contribution >= 4 is 7.32 Å². The first-order chi connectivity index (χ1) is 6.77. The number of hydrogen-bond acceptors (Lipinski definition) is 5. The Bertz CT molecular complexity index is 112. The van der Waals surface area contributed by atoms with E-state index >= 15 is 0 Å². The van der Waals surface area contributed by atoms with Crippen LogP contribution in [0.15, 0.2) is 0 Å². The lowest BCUT2D eigenvalue weighted by molar-refractivity contribution is 0.0291. The van der Waals surface area contributed by atoms with Crippen LogP contribution in [-0.4, -0.2) is 50.4 Å². The molecule has 0 rings (SSSR count). The van der Waals surface area contributed by atoms with Gasteiger partial charge in [-0.15, -0.1) is 0 Å². The fraction of sp³-hybridized carbons (Fsp3) is 1.00. The molecule has 0 amide bonds. The summed E-state index contributed by atoms with van der Waals surface area (Å²) in [4.78, 5) is 0. The van der Waals surface area contributed by atoms with E-state index in [1.807, 2.05) is 0 Å². The van der Waals surface area contributed by atoms with E-state index in [1.54, 1.807) is 0 Å². The maximum atomic E-state index is 8.31. The van der Waals surface area contributed by atoms with Crippen LogP contribution >= 0.6 is 0 Å². The van der Waals surface area contributed by atoms with E-state index in [1.165, 1.54) is 0 Å². The summed E-state index contributed by atoms with van der Waals surface area (Å²) in [6.45, 7) is 4.47. The maximum absolute atomic E-state index is 8.31. The molecular formula is C8H19BO5. The van der Waals surface area contributed by atoms with Crippen molar-refractivity contribution in [2.45, 2.75) is 19.8 Å². The molecule has 0 aromatic heterocycles. The Balaban J connectivity index is 2.85. The van der Waals surface area contributed by atoms with Gasteiger partial charge in [-0.2, -0.15) is 0 Å². The molecule has 2 N–H and O–H groups in total. The molecule has 0 aliphatic rings. The monoisotopic (exact) mass is 206 g/mol. The molecule has 0 heterocycles. The van der Waals surface area contributed by atoms with E-state index < -0.39 is 7.32 Å². The van der Waals surface area contributed by atoms with Gasteiger partial charge in [-0.05, 0) is 6.42 Å². The Morgan fingerprint density at radius 3 is 2.07 bits per heavy atom. The van der Waals surface area contributed by atoms with Crippen LogP contribution in [0.1, 0.15) is 19.8 Å². The van der Waals surface area contributed by atoms with Crippen molar-refractivity contribution in [1.82, 2.24) is 0 Å². The van der Waals surface area contributed by atoms with Crippen molar-refractivity contribution in [3.8, 4) is 0 Å². The minimum atomic E-state index is -1.71. The van der Waals surface area contributed by atoms with Crippen molar-refractivity contribution in [2.24, 2.45) is 0 Å². The van der Waals surface area contributed by atoms with Gasteiger partial charge in [0, 0.05) is 6.61 Å². The average Bonchev–Trinajstić information content (AvgIpc) is 2.15. The molecule has 5 nitrogen and oxygen atoms in total. The van der Waals surface area contributed by atoms with E-state index in [0.717, 1.165) is 19.4 Å². The maximum Gasteiger partial charge on any atom is 0.633 e. The van der Waals surface area contributed by atoms with E-state index in [9.17, 15) is 0 Å². The van der Waals surface area contributed by atoms with Crippen molar-refractivity contribution < 1.29 is 24.2 Å². The Morgan fingerprint density at radius 2 is 1.50 bits per heavy atom. The lowest BCUT2D eigenvalue weighted by atomic mass is 10.3. The zero-order valence-electron chi connectivity index (χ0n) is 8.65. The molecule has 0 fully saturated rings. The molecule has 0 aliphatic heterocycles. The third-order valence-corrected chi connectivity index (χ3v) is 1.51. The van der Waals surface area contributed by atoms with Gasteiger partial charge in [-0.25, -0.2) is 0 Å². The first-order valence-corrected chi connectivity index (χ1v) is 4.90. The summed E-state index contributed by atoms with van der Waals surface area (Å²) in [6.07, 6.45) is 2.20. The van der Waals surface area contributed by atoms with Crippen LogP contribution in [0.5, 0.6) is 0 Å². The van der Waals surface area contributed by atoms with Gasteiger partial charge in [0.2, 0.25) is 0 Å². The molecule has 0 unspecified atom stereocenters. The van der Waals surface area contributed by atoms with Gasteiger partial charge in [0.15, 0.2) is 0 Å². The molecule has 84 valence electrons. The highest BCUT2D eigenvalue weighted by Gasteiger charge is 2.06. The van der Waals surface area contributed by atoms with Gasteiger partial charge in [0.25, 0.3) is 0 Å². The van der Waals surface area contributed by atoms with Gasteiger partial charge in [0.1, 0.15) is 0 Å². The largest absolute Gasteiger partial charge is 0.633 e. The van der Waals surface area contributed by atoms with E-state index in [4.69, 9.17) is 19.5 Å². The molecule has 0 atom stereocenters. The second-order valence-corrected chi connectivity index (χ2v) is 2.78. The van der Waals surface area contributed by atoms with Crippen LogP contribution in [0.3, 0.4) is 0 Å². The molecule has 6 heteroatoms. The number of ether oxygens (including phenoxy) is 2. The summed E-state index contributed by atoms with van der Waals surface area (Å²) in [5.74, 6) is 0. The summed E-state index contributed by atoms with van der Waals surface area (Å²) >= 11 is 0. The molecule has 0 saturated heterocycles. The topological polar surface area (TPSA) is 68.2 Å². The van der Waals surface area contributed by atoms with Crippen LogP contribution in [0.2, 0.25) is 0 Å². The van der Waals surface area contributed by atoms with Crippen LogP contribution in [-0.2, 0) is 14.1 Å². The molecule has 0 radical (unpaired) electrons. The molecule has 0 saturated carbocycles. The van der Waals surface area contributed by atoms with E-state index in [0.29, 0.717) is 19.8 Å². The fourth-order valence-corrected chi connectivity index (χ4v) is 0.781. The molecule has 0 aromatic carbocycles. The quantitative estimate of drug-likeness (QED) is 0.383. The first kappa shape index (κ1) is 13.9. The fourth-order valence-electron chi connectivity index (χ4n) is 0.781. The van der Waals surface area contributed by atoms with Gasteiger partial charge < -0.3 is 24.2 Å². The lowest BCUT2D eigenvalue weighted by Gasteiger charge is -2.05. The predicted molar refractivity (Wildman–Crippen MR) is 52.7 cm³/mol. The predicted octanol–water partition coefficient (Wildman–Crippen LogP) is -0.194. The highest BCUT2D eigenvalue weighted by molar-refractivity contribution is 6.32. The van der Waals surface area contributed by atoms with Gasteiger partial charge >= 0.3 is 7.32 Å². The number of rotatable bonds is 10. The highest BCUT2D eigenvalue weighted by Crippen LogP contribution is 1.87. The van der Waals surface area contributed by atoms with Crippen molar-refractivity contribution in [1.29, 1.82) is 0 Å². The molecule has 14 heavy (non-hydrogen) atoms. The van der Waals surface area contributed by atoms with E-state index in [2.05, 4.69) is 11.6 Å². The lowest BCUT2D eigenvalue weighted by Crippen LogP contribution is -2.20. The van der Waals surface area contributed by atoms with Crippen LogP contribution in [0, 0.1) is 0 Å². The Hall–Kier alpha value is -0.135. The Kier molecular flexibility index (Phi) is 10.8. The molecule has 0 aliphatic carbocycles. The zero-order chi connectivity index (χ0) is 10.6. The van der Waals surface area contributed by atoms with Crippen LogP contribution in [0.4, 0.5) is 0 Å². The van der Waals surface area contributed by atoms with Gasteiger partial charge in [0.05, 0.1) is 26.4 Å². The first-order valence-electron chi connectivity index (χ1n) is 4.90. The smallest absolute Gasteiger partial charge is 0.402 e. The summed E-state index contributed by atoms with van der Waals surface area (Å²) < 4.78 is 14.8. The normalized spacial score (nSPS) is 10.5. The highest BCUT2D eigenvalue weighted by atomic mass is 16.6. The van der Waals surface area contributed by atoms with Crippen LogP contribution in [0.25, 0.3) is 0 Å². The molecule has 0 spiro atoms. The van der Waals surface area contributed by atoms with E-state index in [-0.39, 0.29) is 6.61 Å². The third-order valence-electron chi connectivity index (χ3n) is 1.51. The Morgan fingerprint density at radius 1 is 0.929 bits per heavy atom. The third kappa shape index (κ3) is 11.9. The number of unbranched alkanes of at least 4 members (excludes halogenated alkanes) is 1. The second-order valence-electron chi connectivity index (χ2n) is 2.78. The summed E-state index contributed by atoms with van der Waals surface area (Å²) in [7, 11) is -1.71. The SMILES string of the molecule is CCCCOCCOCCOB(O)O.